The summed E-state index contributed by atoms with van der Waals surface area (Å²) >= 11 is 0.888. The molecule has 0 bridgehead atoms. The second-order valence-corrected chi connectivity index (χ2v) is 7.77. The van der Waals surface area contributed by atoms with E-state index in [1.807, 2.05) is 36.4 Å². The highest BCUT2D eigenvalue weighted by atomic mass is 32.2. The van der Waals surface area contributed by atoms with E-state index in [4.69, 9.17) is 9.47 Å². The van der Waals surface area contributed by atoms with E-state index < -0.39 is 0 Å². The highest BCUT2D eigenvalue weighted by Crippen LogP contribution is 2.27. The van der Waals surface area contributed by atoms with Crippen molar-refractivity contribution in [2.45, 2.75) is 12.5 Å². The fraction of sp³-hybridized carbons (Fsp3) is 0.190. The van der Waals surface area contributed by atoms with Crippen LogP contribution < -0.4 is 10.1 Å². The fourth-order valence-corrected chi connectivity index (χ4v) is 3.74. The Labute approximate surface area is 171 Å². The minimum atomic E-state index is -0.376. The van der Waals surface area contributed by atoms with Crippen molar-refractivity contribution >= 4 is 35.1 Å². The molecular formula is C21H18N2O5S. The summed E-state index contributed by atoms with van der Waals surface area (Å²) in [4.78, 5) is 36.2. The molecule has 3 amide bonds. The molecule has 29 heavy (non-hydrogen) atoms. The fourth-order valence-electron chi connectivity index (χ4n) is 3.05. The normalized spacial score (nSPS) is 20.2. The van der Waals surface area contributed by atoms with E-state index in [0.29, 0.717) is 29.4 Å². The molecule has 2 aliphatic heterocycles. The summed E-state index contributed by atoms with van der Waals surface area (Å²) in [7, 11) is 1.72. The summed E-state index contributed by atoms with van der Waals surface area (Å²) in [6.45, 7) is 0.591. The van der Waals surface area contributed by atoms with Gasteiger partial charge in [-0.1, -0.05) is 24.3 Å². The smallest absolute Gasteiger partial charge is 0.409 e. The Kier molecular flexibility index (Phi) is 5.26. The molecule has 148 valence electrons. The van der Waals surface area contributed by atoms with Crippen molar-refractivity contribution in [3.63, 3.8) is 0 Å². The molecule has 2 heterocycles. The van der Waals surface area contributed by atoms with Gasteiger partial charge in [0.25, 0.3) is 11.1 Å². The monoisotopic (exact) mass is 410 g/mol. The first kappa shape index (κ1) is 19.1. The summed E-state index contributed by atoms with van der Waals surface area (Å²) < 4.78 is 11.1. The van der Waals surface area contributed by atoms with E-state index in [9.17, 15) is 14.4 Å². The maximum atomic E-state index is 11.6. The molecule has 0 spiro atoms. The molecule has 0 aliphatic carbocycles. The first-order chi connectivity index (χ1) is 14.0. The molecule has 2 aliphatic rings. The lowest BCUT2D eigenvalue weighted by Crippen LogP contribution is -2.20. The Morgan fingerprint density at radius 2 is 1.76 bits per heavy atom. The van der Waals surface area contributed by atoms with Crippen LogP contribution in [-0.4, -0.2) is 41.8 Å². The van der Waals surface area contributed by atoms with Gasteiger partial charge in [-0.3, -0.25) is 14.9 Å². The van der Waals surface area contributed by atoms with Gasteiger partial charge in [0.2, 0.25) is 0 Å². The number of cyclic esters (lactones) is 1. The van der Waals surface area contributed by atoms with Crippen molar-refractivity contribution in [1.29, 1.82) is 0 Å². The van der Waals surface area contributed by atoms with Crippen molar-refractivity contribution in [2.24, 2.45) is 0 Å². The Bertz CT molecular complexity index is 985. The van der Waals surface area contributed by atoms with Crippen molar-refractivity contribution < 1.29 is 23.9 Å². The number of hydrogen-bond acceptors (Lipinski definition) is 6. The van der Waals surface area contributed by atoms with Crippen LogP contribution in [0.2, 0.25) is 0 Å². The van der Waals surface area contributed by atoms with Gasteiger partial charge in [0.1, 0.15) is 17.6 Å². The molecular weight excluding hydrogens is 392 g/mol. The molecule has 2 aromatic carbocycles. The second-order valence-electron chi connectivity index (χ2n) is 6.76. The maximum absolute atomic E-state index is 11.6. The number of thioether (sulfide) groups is 1. The average Bonchev–Trinajstić information content (AvgIpc) is 3.18. The van der Waals surface area contributed by atoms with Gasteiger partial charge in [0, 0.05) is 13.5 Å². The topological polar surface area (TPSA) is 84.9 Å². The van der Waals surface area contributed by atoms with Crippen LogP contribution in [0.3, 0.4) is 0 Å². The largest absolute Gasteiger partial charge is 0.457 e. The Morgan fingerprint density at radius 1 is 1.10 bits per heavy atom. The lowest BCUT2D eigenvalue weighted by molar-refractivity contribution is -0.115. The van der Waals surface area contributed by atoms with Crippen LogP contribution in [0.15, 0.2) is 53.4 Å². The number of imide groups is 1. The lowest BCUT2D eigenvalue weighted by atomic mass is 10.1. The number of benzene rings is 2. The Morgan fingerprint density at radius 3 is 2.31 bits per heavy atom. The highest BCUT2D eigenvalue weighted by molar-refractivity contribution is 8.18. The minimum Gasteiger partial charge on any atom is -0.457 e. The van der Waals surface area contributed by atoms with Crippen LogP contribution in [0.5, 0.6) is 11.5 Å². The molecule has 0 saturated carbocycles. The average molecular weight is 410 g/mol. The molecule has 7 nitrogen and oxygen atoms in total. The Balaban J connectivity index is 1.36. The van der Waals surface area contributed by atoms with Gasteiger partial charge in [-0.15, -0.1) is 0 Å². The zero-order chi connectivity index (χ0) is 20.4. The number of hydrogen-bond donors (Lipinski definition) is 1. The third-order valence-corrected chi connectivity index (χ3v) is 5.31. The van der Waals surface area contributed by atoms with Gasteiger partial charge in [0.15, 0.2) is 0 Å². The van der Waals surface area contributed by atoms with Crippen LogP contribution in [0.4, 0.5) is 9.59 Å². The van der Waals surface area contributed by atoms with Crippen molar-refractivity contribution in [3.05, 3.63) is 64.6 Å². The summed E-state index contributed by atoms with van der Waals surface area (Å²) in [6, 6.07) is 14.9. The number of carbonyl (C=O) groups excluding carboxylic acids is 3. The zero-order valence-electron chi connectivity index (χ0n) is 15.6. The second kappa shape index (κ2) is 8.00. The van der Waals surface area contributed by atoms with E-state index in [2.05, 4.69) is 5.32 Å². The van der Waals surface area contributed by atoms with Crippen molar-refractivity contribution in [3.8, 4) is 11.5 Å². The van der Waals surface area contributed by atoms with Gasteiger partial charge in [0.05, 0.1) is 11.4 Å². The predicted octanol–water partition coefficient (Wildman–Crippen LogP) is 3.80. The minimum absolute atomic E-state index is 0.128. The van der Waals surface area contributed by atoms with E-state index >= 15 is 0 Å². The first-order valence-electron chi connectivity index (χ1n) is 9.00. The highest BCUT2D eigenvalue weighted by Gasteiger charge is 2.28. The maximum Gasteiger partial charge on any atom is 0.409 e. The molecule has 2 saturated heterocycles. The first-order valence-corrected chi connectivity index (χ1v) is 9.81. The molecule has 1 atom stereocenters. The van der Waals surface area contributed by atoms with Crippen LogP contribution >= 0.6 is 11.8 Å². The van der Waals surface area contributed by atoms with E-state index in [0.717, 1.165) is 22.9 Å². The lowest BCUT2D eigenvalue weighted by Gasteiger charge is -2.10. The molecule has 2 fully saturated rings. The summed E-state index contributed by atoms with van der Waals surface area (Å²) in [6.07, 6.45) is 1.91. The van der Waals surface area contributed by atoms with Gasteiger partial charge in [-0.2, -0.15) is 0 Å². The zero-order valence-corrected chi connectivity index (χ0v) is 16.4. The van der Waals surface area contributed by atoms with Crippen LogP contribution in [0.25, 0.3) is 6.08 Å². The molecule has 2 aromatic rings. The van der Waals surface area contributed by atoms with E-state index in [1.165, 1.54) is 0 Å². The van der Waals surface area contributed by atoms with E-state index in [1.54, 1.807) is 30.2 Å². The number of rotatable bonds is 5. The van der Waals surface area contributed by atoms with Gasteiger partial charge >= 0.3 is 6.09 Å². The summed E-state index contributed by atoms with van der Waals surface area (Å²) in [5.74, 6) is 0.974. The molecule has 1 unspecified atom stereocenters. The van der Waals surface area contributed by atoms with Crippen LogP contribution in [0, 0.1) is 0 Å². The third-order valence-electron chi connectivity index (χ3n) is 4.50. The third kappa shape index (κ3) is 4.60. The number of amides is 3. The van der Waals surface area contributed by atoms with Crippen molar-refractivity contribution in [1.82, 2.24) is 10.2 Å². The van der Waals surface area contributed by atoms with Gasteiger partial charge < -0.3 is 14.4 Å². The predicted molar refractivity (Wildman–Crippen MR) is 109 cm³/mol. The Hall–Kier alpha value is -3.26. The molecule has 0 radical (unpaired) electrons. The summed E-state index contributed by atoms with van der Waals surface area (Å²) in [5, 5.41) is 1.87. The van der Waals surface area contributed by atoms with Crippen molar-refractivity contribution in [2.75, 3.05) is 13.6 Å². The number of nitrogens with zero attached hydrogens (tertiary/aromatic N) is 1. The molecule has 1 N–H and O–H groups in total. The number of nitrogens with one attached hydrogen (secondary N) is 1. The standard InChI is InChI=1S/C21H18N2O5S/c1-23-12-17(28-21(23)26)10-13-2-6-15(7-3-13)27-16-8-4-14(5-9-16)11-18-19(24)22-20(25)29-18/h2-9,11,17H,10,12H2,1H3,(H,22,24,25)/b18-11+. The van der Waals surface area contributed by atoms with Gasteiger partial charge in [-0.25, -0.2) is 4.79 Å². The number of likely N-dealkylation sites (N-methyl/N-ethyl adjacent to an activating group) is 1. The van der Waals surface area contributed by atoms with Crippen LogP contribution in [0.1, 0.15) is 11.1 Å². The molecule has 8 heteroatoms. The molecule has 0 aromatic heterocycles. The number of ether oxygens (including phenoxy) is 2. The number of carbonyl (C=O) groups is 3. The quantitative estimate of drug-likeness (QED) is 0.755. The van der Waals surface area contributed by atoms with E-state index in [-0.39, 0.29) is 23.3 Å². The summed E-state index contributed by atoms with van der Waals surface area (Å²) in [5.41, 5.74) is 1.87. The van der Waals surface area contributed by atoms with Gasteiger partial charge in [-0.05, 0) is 53.2 Å². The van der Waals surface area contributed by atoms with Crippen LogP contribution in [-0.2, 0) is 16.0 Å². The SMILES string of the molecule is CN1CC(Cc2ccc(Oc3ccc(/C=C4/SC(=O)NC4=O)cc3)cc2)OC1=O. The molecule has 4 rings (SSSR count).